The lowest BCUT2D eigenvalue weighted by molar-refractivity contribution is -0.151. The SMILES string of the molecule is CCC(C)(C)C(=O)OC1=C(c2cc(C)ccc2C)C(=O)NC12CCC(OC)CC2. The van der Waals surface area contributed by atoms with Crippen LogP contribution in [0.15, 0.2) is 24.0 Å². The Kier molecular flexibility index (Phi) is 5.91. The summed E-state index contributed by atoms with van der Waals surface area (Å²) in [6, 6.07) is 6.04. The number of esters is 1. The van der Waals surface area contributed by atoms with Crippen molar-refractivity contribution in [1.29, 1.82) is 0 Å². The number of rotatable bonds is 5. The summed E-state index contributed by atoms with van der Waals surface area (Å²) in [6.45, 7) is 9.72. The highest BCUT2D eigenvalue weighted by atomic mass is 16.5. The average molecular weight is 400 g/mol. The van der Waals surface area contributed by atoms with E-state index < -0.39 is 11.0 Å². The Morgan fingerprint density at radius 1 is 1.24 bits per heavy atom. The molecular weight excluding hydrogens is 366 g/mol. The van der Waals surface area contributed by atoms with Crippen molar-refractivity contribution in [2.24, 2.45) is 5.41 Å². The molecule has 1 aromatic carbocycles. The molecular formula is C24H33NO4. The molecule has 1 N–H and O–H groups in total. The van der Waals surface area contributed by atoms with E-state index in [-0.39, 0.29) is 18.0 Å². The summed E-state index contributed by atoms with van der Waals surface area (Å²) in [5.41, 5.74) is 2.14. The van der Waals surface area contributed by atoms with Gasteiger partial charge in [0.2, 0.25) is 0 Å². The van der Waals surface area contributed by atoms with Crippen molar-refractivity contribution in [3.8, 4) is 0 Å². The summed E-state index contributed by atoms with van der Waals surface area (Å²) in [5.74, 6) is 0.0477. The van der Waals surface area contributed by atoms with Crippen LogP contribution in [0.4, 0.5) is 0 Å². The second-order valence-electron chi connectivity index (χ2n) is 9.12. The van der Waals surface area contributed by atoms with E-state index in [0.717, 1.165) is 29.5 Å². The molecule has 1 fully saturated rings. The minimum Gasteiger partial charge on any atom is -0.427 e. The number of ether oxygens (including phenoxy) is 2. The largest absolute Gasteiger partial charge is 0.427 e. The van der Waals surface area contributed by atoms with E-state index in [1.54, 1.807) is 7.11 Å². The van der Waals surface area contributed by atoms with Crippen molar-refractivity contribution in [2.75, 3.05) is 7.11 Å². The Labute approximate surface area is 173 Å². The fourth-order valence-electron chi connectivity index (χ4n) is 4.12. The molecule has 29 heavy (non-hydrogen) atoms. The molecule has 5 heteroatoms. The zero-order chi connectivity index (χ0) is 21.4. The molecule has 0 saturated heterocycles. The third kappa shape index (κ3) is 3.97. The molecule has 0 radical (unpaired) electrons. The molecule has 158 valence electrons. The van der Waals surface area contributed by atoms with Crippen LogP contribution in [-0.4, -0.2) is 30.6 Å². The van der Waals surface area contributed by atoms with Gasteiger partial charge in [-0.1, -0.05) is 30.7 Å². The van der Waals surface area contributed by atoms with Gasteiger partial charge < -0.3 is 14.8 Å². The third-order valence-electron chi connectivity index (χ3n) is 6.65. The minimum atomic E-state index is -0.642. The Morgan fingerprint density at radius 3 is 2.48 bits per heavy atom. The highest BCUT2D eigenvalue weighted by Gasteiger charge is 2.50. The molecule has 1 amide bonds. The van der Waals surface area contributed by atoms with E-state index in [1.165, 1.54) is 0 Å². The fraction of sp³-hybridized carbons (Fsp3) is 0.583. The maximum atomic E-state index is 13.2. The Bertz CT molecular complexity index is 844. The van der Waals surface area contributed by atoms with Gasteiger partial charge in [-0.25, -0.2) is 0 Å². The molecule has 5 nitrogen and oxygen atoms in total. The maximum absolute atomic E-state index is 13.2. The molecule has 0 atom stereocenters. The van der Waals surface area contributed by atoms with Crippen molar-refractivity contribution in [3.63, 3.8) is 0 Å². The van der Waals surface area contributed by atoms with Crippen molar-refractivity contribution >= 4 is 17.4 Å². The van der Waals surface area contributed by atoms with Crippen molar-refractivity contribution in [2.45, 2.75) is 78.4 Å². The van der Waals surface area contributed by atoms with Gasteiger partial charge in [0.1, 0.15) is 5.76 Å². The van der Waals surface area contributed by atoms with E-state index in [0.29, 0.717) is 30.6 Å². The highest BCUT2D eigenvalue weighted by Crippen LogP contribution is 2.45. The maximum Gasteiger partial charge on any atom is 0.316 e. The van der Waals surface area contributed by atoms with Crippen LogP contribution in [0.25, 0.3) is 5.57 Å². The van der Waals surface area contributed by atoms with Gasteiger partial charge in [-0.05, 0) is 70.9 Å². The molecule has 0 bridgehead atoms. The van der Waals surface area contributed by atoms with Gasteiger partial charge in [-0.15, -0.1) is 0 Å². The van der Waals surface area contributed by atoms with Crippen molar-refractivity contribution in [3.05, 3.63) is 40.6 Å². The first-order valence-electron chi connectivity index (χ1n) is 10.5. The van der Waals surface area contributed by atoms with E-state index >= 15 is 0 Å². The van der Waals surface area contributed by atoms with Crippen LogP contribution < -0.4 is 5.32 Å². The number of benzene rings is 1. The van der Waals surface area contributed by atoms with Gasteiger partial charge in [0.05, 0.1) is 22.6 Å². The minimum absolute atomic E-state index is 0.160. The summed E-state index contributed by atoms with van der Waals surface area (Å²) in [7, 11) is 1.72. The summed E-state index contributed by atoms with van der Waals surface area (Å²) >= 11 is 0. The van der Waals surface area contributed by atoms with E-state index in [1.807, 2.05) is 52.8 Å². The molecule has 3 rings (SSSR count). The number of carbonyl (C=O) groups is 2. The molecule has 1 aromatic rings. The number of hydrogen-bond acceptors (Lipinski definition) is 4. The molecule has 2 aliphatic rings. The first-order chi connectivity index (χ1) is 13.6. The quantitative estimate of drug-likeness (QED) is 0.743. The van der Waals surface area contributed by atoms with Gasteiger partial charge >= 0.3 is 5.97 Å². The summed E-state index contributed by atoms with van der Waals surface area (Å²) in [4.78, 5) is 26.2. The fourth-order valence-corrected chi connectivity index (χ4v) is 4.12. The number of nitrogens with one attached hydrogen (secondary N) is 1. The van der Waals surface area contributed by atoms with Gasteiger partial charge in [0.25, 0.3) is 5.91 Å². The van der Waals surface area contributed by atoms with E-state index in [2.05, 4.69) is 5.32 Å². The van der Waals surface area contributed by atoms with Crippen LogP contribution in [0, 0.1) is 19.3 Å². The van der Waals surface area contributed by atoms with E-state index in [4.69, 9.17) is 9.47 Å². The number of amides is 1. The lowest BCUT2D eigenvalue weighted by Gasteiger charge is -2.38. The van der Waals surface area contributed by atoms with Gasteiger partial charge in [-0.2, -0.15) is 0 Å². The summed E-state index contributed by atoms with van der Waals surface area (Å²) < 4.78 is 11.6. The topological polar surface area (TPSA) is 64.6 Å². The van der Waals surface area contributed by atoms with Crippen molar-refractivity contribution < 1.29 is 19.1 Å². The molecule has 1 spiro atoms. The summed E-state index contributed by atoms with van der Waals surface area (Å²) in [6.07, 6.45) is 3.86. The van der Waals surface area contributed by atoms with E-state index in [9.17, 15) is 9.59 Å². The lowest BCUT2D eigenvalue weighted by Crippen LogP contribution is -2.49. The smallest absolute Gasteiger partial charge is 0.316 e. The van der Waals surface area contributed by atoms with Gasteiger partial charge in [0.15, 0.2) is 0 Å². The number of methoxy groups -OCH3 is 1. The third-order valence-corrected chi connectivity index (χ3v) is 6.65. The Morgan fingerprint density at radius 2 is 1.90 bits per heavy atom. The zero-order valence-corrected chi connectivity index (χ0v) is 18.5. The van der Waals surface area contributed by atoms with Crippen LogP contribution in [-0.2, 0) is 19.1 Å². The molecule has 1 aliphatic carbocycles. The summed E-state index contributed by atoms with van der Waals surface area (Å²) in [5, 5.41) is 3.19. The lowest BCUT2D eigenvalue weighted by atomic mass is 9.78. The van der Waals surface area contributed by atoms with Crippen LogP contribution in [0.5, 0.6) is 0 Å². The number of aryl methyl sites for hydroxylation is 2. The number of carbonyl (C=O) groups excluding carboxylic acids is 2. The zero-order valence-electron chi connectivity index (χ0n) is 18.5. The molecule has 1 aliphatic heterocycles. The standard InChI is InChI=1S/C24H33NO4/c1-7-23(4,5)22(27)29-20-19(18-14-15(2)8-9-16(18)3)21(26)25-24(20)12-10-17(28-6)11-13-24/h8-9,14,17H,7,10-13H2,1-6H3,(H,25,26). The van der Waals surface area contributed by atoms with Gasteiger partial charge in [0, 0.05) is 7.11 Å². The Hall–Kier alpha value is -2.14. The van der Waals surface area contributed by atoms with Gasteiger partial charge in [-0.3, -0.25) is 9.59 Å². The Balaban J connectivity index is 2.12. The second kappa shape index (κ2) is 7.94. The predicted molar refractivity (Wildman–Crippen MR) is 113 cm³/mol. The predicted octanol–water partition coefficient (Wildman–Crippen LogP) is 4.45. The number of hydrogen-bond donors (Lipinski definition) is 1. The van der Waals surface area contributed by atoms with Crippen LogP contribution in [0.3, 0.4) is 0 Å². The average Bonchev–Trinajstić information content (AvgIpc) is 2.95. The molecule has 0 aromatic heterocycles. The highest BCUT2D eigenvalue weighted by molar-refractivity contribution is 6.24. The van der Waals surface area contributed by atoms with Crippen LogP contribution >= 0.6 is 0 Å². The van der Waals surface area contributed by atoms with Crippen molar-refractivity contribution in [1.82, 2.24) is 5.32 Å². The van der Waals surface area contributed by atoms with Crippen LogP contribution in [0.2, 0.25) is 0 Å². The monoisotopic (exact) mass is 399 g/mol. The molecule has 1 saturated carbocycles. The normalized spacial score (nSPS) is 24.8. The van der Waals surface area contributed by atoms with Crippen LogP contribution in [0.1, 0.15) is 69.6 Å². The first kappa shape index (κ1) is 21.6. The first-order valence-corrected chi connectivity index (χ1v) is 10.5. The molecule has 0 unspecified atom stereocenters. The second-order valence-corrected chi connectivity index (χ2v) is 9.12. The molecule has 1 heterocycles.